The summed E-state index contributed by atoms with van der Waals surface area (Å²) in [6, 6.07) is 64.1. The third kappa shape index (κ3) is 5.58. The molecule has 0 unspecified atom stereocenters. The van der Waals surface area contributed by atoms with Gasteiger partial charge < -0.3 is 0 Å². The van der Waals surface area contributed by atoms with Gasteiger partial charge in [-0.2, -0.15) is 0 Å². The van der Waals surface area contributed by atoms with E-state index in [1.807, 2.05) is 6.07 Å². The monoisotopic (exact) mass is 712 g/mol. The highest BCUT2D eigenvalue weighted by Crippen LogP contribution is 2.46. The van der Waals surface area contributed by atoms with Crippen LogP contribution in [0, 0.1) is 0 Å². The zero-order valence-corrected chi connectivity index (χ0v) is 30.7. The van der Waals surface area contributed by atoms with Gasteiger partial charge >= 0.3 is 0 Å². The maximum atomic E-state index is 5.04. The van der Waals surface area contributed by atoms with E-state index in [2.05, 4.69) is 194 Å². The number of nitrogens with zero attached hydrogens (tertiary/aromatic N) is 2. The number of aromatic nitrogens is 2. The fourth-order valence-electron chi connectivity index (χ4n) is 8.72. The van der Waals surface area contributed by atoms with Crippen LogP contribution in [0.4, 0.5) is 0 Å². The summed E-state index contributed by atoms with van der Waals surface area (Å²) >= 11 is 0. The molecule has 2 heteroatoms. The van der Waals surface area contributed by atoms with Crippen molar-refractivity contribution in [1.82, 2.24) is 9.97 Å². The van der Waals surface area contributed by atoms with Crippen LogP contribution in [-0.4, -0.2) is 9.97 Å². The third-order valence-electron chi connectivity index (χ3n) is 11.6. The van der Waals surface area contributed by atoms with Gasteiger partial charge in [0.1, 0.15) is 5.82 Å². The van der Waals surface area contributed by atoms with Gasteiger partial charge in [-0.3, -0.25) is 0 Å². The van der Waals surface area contributed by atoms with Gasteiger partial charge in [0.15, 0.2) is 0 Å². The molecule has 2 aliphatic rings. The molecule has 262 valence electrons. The van der Waals surface area contributed by atoms with E-state index in [1.165, 1.54) is 77.2 Å². The van der Waals surface area contributed by atoms with Crippen LogP contribution in [0.3, 0.4) is 0 Å². The van der Waals surface area contributed by atoms with Gasteiger partial charge in [0.2, 0.25) is 0 Å². The molecule has 0 spiro atoms. The van der Waals surface area contributed by atoms with E-state index in [9.17, 15) is 0 Å². The predicted molar refractivity (Wildman–Crippen MR) is 233 cm³/mol. The largest absolute Gasteiger partial charge is 0.232 e. The van der Waals surface area contributed by atoms with Gasteiger partial charge in [-0.05, 0) is 102 Å². The lowest BCUT2D eigenvalue weighted by molar-refractivity contribution is 0.922. The van der Waals surface area contributed by atoms with E-state index in [-0.39, 0.29) is 5.92 Å². The summed E-state index contributed by atoms with van der Waals surface area (Å²) in [5, 5.41) is 5.20. The summed E-state index contributed by atoms with van der Waals surface area (Å²) in [5.41, 5.74) is 16.9. The molecule has 0 radical (unpaired) electrons. The SMILES string of the molecule is C1=CC(c2nc(-c3ccccc3)cc(-c3ccc(-c4ccc(-c5cc6c(c7ccccc57)Cc5ccc(-c7cccc8ccccc78)cc5-6)cc4)cc3)n2)C=C1. The average Bonchev–Trinajstić information content (AvgIpc) is 3.95. The summed E-state index contributed by atoms with van der Waals surface area (Å²) in [4.78, 5) is 10.0. The number of hydrogen-bond acceptors (Lipinski definition) is 2. The second-order valence-electron chi connectivity index (χ2n) is 14.9. The highest BCUT2D eigenvalue weighted by molar-refractivity contribution is 6.05. The Balaban J connectivity index is 0.935. The molecule has 1 aromatic heterocycles. The Morgan fingerprint density at radius 2 is 0.964 bits per heavy atom. The van der Waals surface area contributed by atoms with E-state index in [0.717, 1.165) is 34.8 Å². The molecule has 0 N–H and O–H groups in total. The fraction of sp³-hybridized carbons (Fsp3) is 0.0370. The first-order chi connectivity index (χ1) is 27.7. The Kier molecular flexibility index (Phi) is 7.67. The normalized spacial score (nSPS) is 13.1. The molecule has 0 amide bonds. The van der Waals surface area contributed by atoms with Crippen molar-refractivity contribution in [2.45, 2.75) is 12.3 Å². The van der Waals surface area contributed by atoms with Crippen LogP contribution in [-0.2, 0) is 6.42 Å². The lowest BCUT2D eigenvalue weighted by Crippen LogP contribution is -2.02. The Morgan fingerprint density at radius 3 is 1.71 bits per heavy atom. The van der Waals surface area contributed by atoms with Gasteiger partial charge in [0, 0.05) is 11.1 Å². The standard InChI is InChI=1S/C54H36N2/c1-2-12-39(13-3-1)52-34-53(56-54(55-52)41-14-4-5-15-41)40-27-23-36(24-28-40)35-21-25-38(26-22-35)49-33-51-48-31-42(45-20-10-16-37-11-6-7-17-44(37)45)29-30-43(48)32-50(51)47-19-9-8-18-46(47)49/h1-31,33-34,41H,32H2. The van der Waals surface area contributed by atoms with Crippen molar-refractivity contribution in [2.24, 2.45) is 0 Å². The molecular weight excluding hydrogens is 677 g/mol. The molecule has 2 aliphatic carbocycles. The molecule has 0 aliphatic heterocycles. The van der Waals surface area contributed by atoms with Gasteiger partial charge in [-0.15, -0.1) is 0 Å². The molecular formula is C54H36N2. The Labute approximate surface area is 326 Å². The second kappa shape index (κ2) is 13.3. The first kappa shape index (κ1) is 32.3. The summed E-state index contributed by atoms with van der Waals surface area (Å²) in [7, 11) is 0. The molecule has 0 saturated carbocycles. The van der Waals surface area contributed by atoms with Crippen LogP contribution < -0.4 is 0 Å². The lowest BCUT2D eigenvalue weighted by Gasteiger charge is -2.14. The van der Waals surface area contributed by atoms with Crippen LogP contribution >= 0.6 is 0 Å². The molecule has 0 saturated heterocycles. The van der Waals surface area contributed by atoms with E-state index in [4.69, 9.17) is 9.97 Å². The summed E-state index contributed by atoms with van der Waals surface area (Å²) in [6.45, 7) is 0. The van der Waals surface area contributed by atoms with Crippen molar-refractivity contribution in [3.8, 4) is 67.0 Å². The molecule has 2 nitrogen and oxygen atoms in total. The second-order valence-corrected chi connectivity index (χ2v) is 14.9. The van der Waals surface area contributed by atoms with Crippen molar-refractivity contribution < 1.29 is 0 Å². The first-order valence-electron chi connectivity index (χ1n) is 19.4. The van der Waals surface area contributed by atoms with Crippen molar-refractivity contribution in [2.75, 3.05) is 0 Å². The van der Waals surface area contributed by atoms with E-state index >= 15 is 0 Å². The highest BCUT2D eigenvalue weighted by Gasteiger charge is 2.24. The van der Waals surface area contributed by atoms with Gasteiger partial charge in [-0.1, -0.05) is 182 Å². The van der Waals surface area contributed by atoms with Crippen molar-refractivity contribution >= 4 is 21.5 Å². The summed E-state index contributed by atoms with van der Waals surface area (Å²) in [6.07, 6.45) is 9.38. The van der Waals surface area contributed by atoms with Crippen molar-refractivity contribution in [3.05, 3.63) is 217 Å². The molecule has 0 bridgehead atoms. The van der Waals surface area contributed by atoms with Crippen LogP contribution in [0.15, 0.2) is 200 Å². The number of rotatable bonds is 6. The van der Waals surface area contributed by atoms with Crippen LogP contribution in [0.2, 0.25) is 0 Å². The average molecular weight is 713 g/mol. The predicted octanol–water partition coefficient (Wildman–Crippen LogP) is 13.9. The Morgan fingerprint density at radius 1 is 0.375 bits per heavy atom. The third-order valence-corrected chi connectivity index (χ3v) is 11.6. The fourth-order valence-corrected chi connectivity index (χ4v) is 8.72. The Bertz CT molecular complexity index is 3010. The van der Waals surface area contributed by atoms with Gasteiger partial charge in [0.25, 0.3) is 0 Å². The zero-order valence-electron chi connectivity index (χ0n) is 30.7. The van der Waals surface area contributed by atoms with E-state index in [1.54, 1.807) is 0 Å². The molecule has 11 rings (SSSR count). The van der Waals surface area contributed by atoms with E-state index < -0.39 is 0 Å². The molecule has 0 atom stereocenters. The van der Waals surface area contributed by atoms with Crippen LogP contribution in [0.1, 0.15) is 22.9 Å². The van der Waals surface area contributed by atoms with Gasteiger partial charge in [0.05, 0.1) is 17.3 Å². The minimum absolute atomic E-state index is 0.0836. The number of allylic oxidation sites excluding steroid dienone is 4. The molecule has 0 fully saturated rings. The molecule has 56 heavy (non-hydrogen) atoms. The summed E-state index contributed by atoms with van der Waals surface area (Å²) in [5.74, 6) is 0.902. The maximum absolute atomic E-state index is 5.04. The minimum Gasteiger partial charge on any atom is -0.232 e. The highest BCUT2D eigenvalue weighted by atomic mass is 14.9. The molecule has 1 heterocycles. The van der Waals surface area contributed by atoms with Crippen LogP contribution in [0.5, 0.6) is 0 Å². The minimum atomic E-state index is 0.0836. The molecule has 9 aromatic rings. The van der Waals surface area contributed by atoms with Crippen molar-refractivity contribution in [1.29, 1.82) is 0 Å². The smallest absolute Gasteiger partial charge is 0.140 e. The Hall–Kier alpha value is -7.16. The number of benzene rings is 8. The number of fused-ring (bicyclic) bond motifs is 6. The van der Waals surface area contributed by atoms with E-state index in [0.29, 0.717) is 0 Å². The van der Waals surface area contributed by atoms with Crippen LogP contribution in [0.25, 0.3) is 88.6 Å². The topological polar surface area (TPSA) is 25.8 Å². The first-order valence-corrected chi connectivity index (χ1v) is 19.4. The quantitative estimate of drug-likeness (QED) is 0.172. The zero-order chi connectivity index (χ0) is 37.0. The maximum Gasteiger partial charge on any atom is 0.140 e. The summed E-state index contributed by atoms with van der Waals surface area (Å²) < 4.78 is 0. The molecule has 8 aromatic carbocycles. The van der Waals surface area contributed by atoms with Gasteiger partial charge in [-0.25, -0.2) is 9.97 Å². The lowest BCUT2D eigenvalue weighted by atomic mass is 9.90. The van der Waals surface area contributed by atoms with Crippen molar-refractivity contribution in [3.63, 3.8) is 0 Å². The number of hydrogen-bond donors (Lipinski definition) is 0.